The normalized spacial score (nSPS) is 31.5. The van der Waals surface area contributed by atoms with Gasteiger partial charge in [0.15, 0.2) is 6.10 Å². The molecule has 0 spiro atoms. The van der Waals surface area contributed by atoms with Crippen LogP contribution in [0.1, 0.15) is 11.6 Å². The summed E-state index contributed by atoms with van der Waals surface area (Å²) in [6.45, 7) is 0. The Morgan fingerprint density at radius 2 is 2.11 bits per heavy atom. The van der Waals surface area contributed by atoms with E-state index in [9.17, 15) is 14.7 Å². The summed E-state index contributed by atoms with van der Waals surface area (Å²) in [7, 11) is 1.67. The minimum atomic E-state index is -0.769. The summed E-state index contributed by atoms with van der Waals surface area (Å²) in [5.74, 6) is -1.18. The molecule has 3 rings (SSSR count). The van der Waals surface area contributed by atoms with Gasteiger partial charge in [0.1, 0.15) is 5.75 Å². The molecule has 94 valence electrons. The lowest BCUT2D eigenvalue weighted by Gasteiger charge is -2.21. The van der Waals surface area contributed by atoms with Crippen molar-refractivity contribution in [3.05, 3.63) is 29.8 Å². The molecular weight excluding hydrogens is 236 g/mol. The molecule has 2 N–H and O–H groups in total. The number of nitrogens with one attached hydrogen (secondary N) is 1. The van der Waals surface area contributed by atoms with Crippen molar-refractivity contribution in [1.29, 1.82) is 0 Å². The maximum absolute atomic E-state index is 11.8. The van der Waals surface area contributed by atoms with Gasteiger partial charge in [-0.3, -0.25) is 19.7 Å². The second kappa shape index (κ2) is 3.79. The highest BCUT2D eigenvalue weighted by Crippen LogP contribution is 2.41. The number of aromatic hydroxyl groups is 1. The Morgan fingerprint density at radius 1 is 1.33 bits per heavy atom. The number of phenols is 1. The topological polar surface area (TPSA) is 78.9 Å². The number of rotatable bonds is 1. The Bertz CT molecular complexity index is 531. The first-order chi connectivity index (χ1) is 8.58. The Kier molecular flexibility index (Phi) is 2.36. The van der Waals surface area contributed by atoms with Crippen molar-refractivity contribution >= 4 is 11.8 Å². The van der Waals surface area contributed by atoms with Crippen molar-refractivity contribution in [2.45, 2.75) is 12.1 Å². The summed E-state index contributed by atoms with van der Waals surface area (Å²) in [4.78, 5) is 28.7. The lowest BCUT2D eigenvalue weighted by Crippen LogP contribution is -2.31. The van der Waals surface area contributed by atoms with Gasteiger partial charge in [0, 0.05) is 7.05 Å². The van der Waals surface area contributed by atoms with Gasteiger partial charge >= 0.3 is 0 Å². The molecule has 2 fully saturated rings. The van der Waals surface area contributed by atoms with E-state index >= 15 is 0 Å². The van der Waals surface area contributed by atoms with E-state index in [-0.39, 0.29) is 17.7 Å². The SMILES string of the molecule is CN1OC2C(=O)NC(=O)C2C1c1cccc(O)c1. The number of hydrogen-bond donors (Lipinski definition) is 2. The molecule has 1 aromatic rings. The Labute approximate surface area is 103 Å². The van der Waals surface area contributed by atoms with Crippen molar-refractivity contribution in [1.82, 2.24) is 10.4 Å². The molecule has 3 atom stereocenters. The molecule has 18 heavy (non-hydrogen) atoms. The van der Waals surface area contributed by atoms with Gasteiger partial charge in [-0.1, -0.05) is 12.1 Å². The lowest BCUT2D eigenvalue weighted by molar-refractivity contribution is -0.162. The lowest BCUT2D eigenvalue weighted by atomic mass is 9.91. The fourth-order valence-electron chi connectivity index (χ4n) is 2.60. The number of phenolic OH excluding ortho intramolecular Hbond substituents is 1. The van der Waals surface area contributed by atoms with E-state index in [1.165, 1.54) is 5.06 Å². The maximum atomic E-state index is 11.8. The molecule has 2 saturated heterocycles. The average molecular weight is 248 g/mol. The van der Waals surface area contributed by atoms with Crippen LogP contribution in [-0.2, 0) is 14.4 Å². The molecule has 0 bridgehead atoms. The first-order valence-corrected chi connectivity index (χ1v) is 5.61. The number of carbonyl (C=O) groups is 2. The fraction of sp³-hybridized carbons (Fsp3) is 0.333. The number of hydroxylamine groups is 2. The van der Waals surface area contributed by atoms with E-state index in [1.807, 2.05) is 0 Å². The highest BCUT2D eigenvalue weighted by atomic mass is 16.7. The van der Waals surface area contributed by atoms with E-state index in [0.29, 0.717) is 0 Å². The molecular formula is C12H12N2O4. The van der Waals surface area contributed by atoms with E-state index in [1.54, 1.807) is 31.3 Å². The van der Waals surface area contributed by atoms with Gasteiger partial charge in [0.05, 0.1) is 12.0 Å². The van der Waals surface area contributed by atoms with Gasteiger partial charge in [-0.05, 0) is 17.7 Å². The number of hydrogen-bond acceptors (Lipinski definition) is 5. The predicted molar refractivity (Wildman–Crippen MR) is 60.1 cm³/mol. The number of fused-ring (bicyclic) bond motifs is 1. The van der Waals surface area contributed by atoms with Crippen LogP contribution in [0.4, 0.5) is 0 Å². The van der Waals surface area contributed by atoms with Crippen molar-refractivity contribution in [2.75, 3.05) is 7.05 Å². The van der Waals surface area contributed by atoms with Gasteiger partial charge in [0.25, 0.3) is 5.91 Å². The molecule has 2 aliphatic heterocycles. The second-order valence-electron chi connectivity index (χ2n) is 4.49. The zero-order valence-corrected chi connectivity index (χ0v) is 9.66. The quantitative estimate of drug-likeness (QED) is 0.681. The molecule has 3 unspecified atom stereocenters. The van der Waals surface area contributed by atoms with Crippen molar-refractivity contribution in [3.63, 3.8) is 0 Å². The Hall–Kier alpha value is -1.92. The number of imide groups is 1. The van der Waals surface area contributed by atoms with Crippen LogP contribution in [0.3, 0.4) is 0 Å². The third kappa shape index (κ3) is 1.50. The zero-order chi connectivity index (χ0) is 12.9. The zero-order valence-electron chi connectivity index (χ0n) is 9.66. The number of nitrogens with zero attached hydrogens (tertiary/aromatic N) is 1. The van der Waals surface area contributed by atoms with Crippen LogP contribution in [0, 0.1) is 5.92 Å². The van der Waals surface area contributed by atoms with E-state index in [0.717, 1.165) is 5.56 Å². The summed E-state index contributed by atoms with van der Waals surface area (Å²) < 4.78 is 0. The Morgan fingerprint density at radius 3 is 2.83 bits per heavy atom. The monoisotopic (exact) mass is 248 g/mol. The molecule has 1 aromatic carbocycles. The third-order valence-corrected chi connectivity index (χ3v) is 3.36. The molecule has 0 aliphatic carbocycles. The molecule has 0 radical (unpaired) electrons. The summed E-state index contributed by atoms with van der Waals surface area (Å²) in [5.41, 5.74) is 0.745. The summed E-state index contributed by atoms with van der Waals surface area (Å²) in [6.07, 6.45) is -0.769. The van der Waals surface area contributed by atoms with Crippen LogP contribution in [0.15, 0.2) is 24.3 Å². The average Bonchev–Trinajstić information content (AvgIpc) is 2.78. The van der Waals surface area contributed by atoms with Gasteiger partial charge in [-0.15, -0.1) is 0 Å². The summed E-state index contributed by atoms with van der Waals surface area (Å²) in [5, 5.41) is 13.3. The van der Waals surface area contributed by atoms with Crippen LogP contribution in [0.5, 0.6) is 5.75 Å². The molecule has 2 aliphatic rings. The minimum absolute atomic E-state index is 0.120. The molecule has 0 saturated carbocycles. The Balaban J connectivity index is 2.01. The van der Waals surface area contributed by atoms with Crippen LogP contribution < -0.4 is 5.32 Å². The van der Waals surface area contributed by atoms with Crippen LogP contribution in [0.2, 0.25) is 0 Å². The third-order valence-electron chi connectivity index (χ3n) is 3.36. The standard InChI is InChI=1S/C12H12N2O4/c1-14-9(6-3-2-4-7(15)5-6)8-10(18-14)12(17)13-11(8)16/h2-5,8-10,15H,1H3,(H,13,16,17). The molecule has 6 nitrogen and oxygen atoms in total. The smallest absolute Gasteiger partial charge is 0.258 e. The van der Waals surface area contributed by atoms with Crippen molar-refractivity contribution in [2.24, 2.45) is 5.92 Å². The van der Waals surface area contributed by atoms with Crippen LogP contribution in [-0.4, -0.2) is 35.1 Å². The maximum Gasteiger partial charge on any atom is 0.258 e. The largest absolute Gasteiger partial charge is 0.508 e. The van der Waals surface area contributed by atoms with Gasteiger partial charge < -0.3 is 5.11 Å². The first kappa shape index (κ1) is 11.2. The molecule has 0 aromatic heterocycles. The van der Waals surface area contributed by atoms with Crippen molar-refractivity contribution < 1.29 is 19.5 Å². The van der Waals surface area contributed by atoms with E-state index in [2.05, 4.69) is 5.32 Å². The van der Waals surface area contributed by atoms with Gasteiger partial charge in [-0.25, -0.2) is 0 Å². The second-order valence-corrected chi connectivity index (χ2v) is 4.49. The number of benzene rings is 1. The molecule has 2 amide bonds. The van der Waals surface area contributed by atoms with Crippen LogP contribution in [0.25, 0.3) is 0 Å². The highest BCUT2D eigenvalue weighted by Gasteiger charge is 2.55. The van der Waals surface area contributed by atoms with E-state index < -0.39 is 17.9 Å². The van der Waals surface area contributed by atoms with Crippen LogP contribution >= 0.6 is 0 Å². The van der Waals surface area contributed by atoms with E-state index in [4.69, 9.17) is 4.84 Å². The first-order valence-electron chi connectivity index (χ1n) is 5.61. The summed E-state index contributed by atoms with van der Waals surface area (Å²) in [6, 6.07) is 6.25. The van der Waals surface area contributed by atoms with Gasteiger partial charge in [0.2, 0.25) is 5.91 Å². The minimum Gasteiger partial charge on any atom is -0.508 e. The highest BCUT2D eigenvalue weighted by molar-refractivity contribution is 6.07. The summed E-state index contributed by atoms with van der Waals surface area (Å²) >= 11 is 0. The fourth-order valence-corrected chi connectivity index (χ4v) is 2.60. The van der Waals surface area contributed by atoms with Crippen molar-refractivity contribution in [3.8, 4) is 5.75 Å². The predicted octanol–water partition coefficient (Wildman–Crippen LogP) is -0.0485. The number of amides is 2. The molecule has 2 heterocycles. The number of carbonyl (C=O) groups excluding carboxylic acids is 2. The van der Waals surface area contributed by atoms with Gasteiger partial charge in [-0.2, -0.15) is 5.06 Å². The molecule has 6 heteroatoms.